The fraction of sp³-hybridized carbons (Fsp3) is 0.333. The molecule has 0 saturated heterocycles. The van der Waals surface area contributed by atoms with Gasteiger partial charge >= 0.3 is 5.97 Å². The number of methoxy groups -OCH3 is 1. The van der Waals surface area contributed by atoms with E-state index in [2.05, 4.69) is 4.98 Å². The van der Waals surface area contributed by atoms with E-state index in [1.54, 1.807) is 18.2 Å². The molecule has 0 aliphatic heterocycles. The van der Waals surface area contributed by atoms with E-state index >= 15 is 0 Å². The van der Waals surface area contributed by atoms with Crippen molar-refractivity contribution in [2.24, 2.45) is 5.73 Å². The van der Waals surface area contributed by atoms with Crippen molar-refractivity contribution < 1.29 is 14.6 Å². The minimum absolute atomic E-state index is 0.216. The normalized spacial score (nSPS) is 10.8. The van der Waals surface area contributed by atoms with Gasteiger partial charge < -0.3 is 15.6 Å². The predicted molar refractivity (Wildman–Crippen MR) is 66.9 cm³/mol. The standard InChI is InChI=1S/C12H15N3O3/c1-18-12-14-9-7-8(11(16)17)3-4-10(9)15(12)6-2-5-13/h3-4,7H,2,5-6,13H2,1H3,(H,16,17). The third kappa shape index (κ3) is 2.14. The van der Waals surface area contributed by atoms with Crippen LogP contribution in [0.25, 0.3) is 11.0 Å². The number of fused-ring (bicyclic) bond motifs is 1. The van der Waals surface area contributed by atoms with Gasteiger partial charge in [0.25, 0.3) is 6.01 Å². The third-order valence-electron chi connectivity index (χ3n) is 2.73. The highest BCUT2D eigenvalue weighted by atomic mass is 16.5. The number of nitrogens with two attached hydrogens (primary N) is 1. The van der Waals surface area contributed by atoms with Gasteiger partial charge in [-0.15, -0.1) is 0 Å². The summed E-state index contributed by atoms with van der Waals surface area (Å²) in [6.07, 6.45) is 0.808. The van der Waals surface area contributed by atoms with Crippen LogP contribution < -0.4 is 10.5 Å². The van der Waals surface area contributed by atoms with Crippen LogP contribution in [-0.4, -0.2) is 34.3 Å². The summed E-state index contributed by atoms with van der Waals surface area (Å²) < 4.78 is 7.09. The highest BCUT2D eigenvalue weighted by molar-refractivity contribution is 5.92. The van der Waals surface area contributed by atoms with Gasteiger partial charge in [0.05, 0.1) is 23.7 Å². The molecule has 0 bridgehead atoms. The van der Waals surface area contributed by atoms with Crippen molar-refractivity contribution in [2.45, 2.75) is 13.0 Å². The molecule has 0 fully saturated rings. The van der Waals surface area contributed by atoms with E-state index in [4.69, 9.17) is 15.6 Å². The summed E-state index contributed by atoms with van der Waals surface area (Å²) >= 11 is 0. The van der Waals surface area contributed by atoms with E-state index in [-0.39, 0.29) is 5.56 Å². The molecule has 0 saturated carbocycles. The fourth-order valence-corrected chi connectivity index (χ4v) is 1.86. The largest absolute Gasteiger partial charge is 0.478 e. The first kappa shape index (κ1) is 12.4. The van der Waals surface area contributed by atoms with Crippen LogP contribution in [0.15, 0.2) is 18.2 Å². The lowest BCUT2D eigenvalue weighted by Crippen LogP contribution is -2.07. The Morgan fingerprint density at radius 2 is 2.33 bits per heavy atom. The zero-order valence-corrected chi connectivity index (χ0v) is 10.1. The Morgan fingerprint density at radius 1 is 1.56 bits per heavy atom. The zero-order chi connectivity index (χ0) is 13.1. The van der Waals surface area contributed by atoms with Crippen LogP contribution in [0.1, 0.15) is 16.8 Å². The molecule has 0 amide bonds. The molecule has 6 heteroatoms. The molecule has 2 rings (SSSR count). The molecule has 3 N–H and O–H groups in total. The van der Waals surface area contributed by atoms with Crippen LogP contribution in [0.4, 0.5) is 0 Å². The zero-order valence-electron chi connectivity index (χ0n) is 10.1. The maximum atomic E-state index is 10.9. The quantitative estimate of drug-likeness (QED) is 0.827. The average Bonchev–Trinajstić information content (AvgIpc) is 2.72. The monoisotopic (exact) mass is 249 g/mol. The molecular weight excluding hydrogens is 234 g/mol. The van der Waals surface area contributed by atoms with Crippen LogP contribution in [0.5, 0.6) is 6.01 Å². The smallest absolute Gasteiger partial charge is 0.335 e. The highest BCUT2D eigenvalue weighted by Gasteiger charge is 2.12. The van der Waals surface area contributed by atoms with Crippen LogP contribution in [0.3, 0.4) is 0 Å². The number of rotatable bonds is 5. The molecule has 2 aromatic rings. The van der Waals surface area contributed by atoms with E-state index in [9.17, 15) is 4.79 Å². The van der Waals surface area contributed by atoms with Gasteiger partial charge in [-0.25, -0.2) is 4.79 Å². The SMILES string of the molecule is COc1nc2cc(C(=O)O)ccc2n1CCCN. The maximum Gasteiger partial charge on any atom is 0.335 e. The molecule has 6 nitrogen and oxygen atoms in total. The average molecular weight is 249 g/mol. The van der Waals surface area contributed by atoms with E-state index in [0.717, 1.165) is 11.9 Å². The van der Waals surface area contributed by atoms with Crippen LogP contribution in [0.2, 0.25) is 0 Å². The third-order valence-corrected chi connectivity index (χ3v) is 2.73. The Labute approximate surface area is 104 Å². The number of aromatic carboxylic acids is 1. The Balaban J connectivity index is 2.51. The number of carboxylic acid groups (broad SMARTS) is 1. The lowest BCUT2D eigenvalue weighted by Gasteiger charge is -2.06. The number of aryl methyl sites for hydroxylation is 1. The van der Waals surface area contributed by atoms with E-state index in [1.165, 1.54) is 7.11 Å². The molecule has 0 aliphatic carbocycles. The summed E-state index contributed by atoms with van der Waals surface area (Å²) in [4.78, 5) is 15.2. The predicted octanol–water partition coefficient (Wildman–Crippen LogP) is 1.09. The van der Waals surface area contributed by atoms with Gasteiger partial charge in [-0.3, -0.25) is 4.57 Å². The molecule has 1 aromatic carbocycles. The molecule has 96 valence electrons. The van der Waals surface area contributed by atoms with Crippen molar-refractivity contribution in [1.82, 2.24) is 9.55 Å². The number of carboxylic acids is 1. The summed E-state index contributed by atoms with van der Waals surface area (Å²) in [6, 6.07) is 5.32. The van der Waals surface area contributed by atoms with Gasteiger partial charge in [0, 0.05) is 6.54 Å². The molecule has 18 heavy (non-hydrogen) atoms. The number of carbonyl (C=O) groups is 1. The Hall–Kier alpha value is -2.08. The molecular formula is C12H15N3O3. The van der Waals surface area contributed by atoms with Crippen molar-refractivity contribution in [3.05, 3.63) is 23.8 Å². The number of hydrogen-bond donors (Lipinski definition) is 2. The van der Waals surface area contributed by atoms with Crippen LogP contribution in [-0.2, 0) is 6.54 Å². The van der Waals surface area contributed by atoms with Crippen molar-refractivity contribution in [2.75, 3.05) is 13.7 Å². The van der Waals surface area contributed by atoms with Crippen LogP contribution in [0, 0.1) is 0 Å². The fourth-order valence-electron chi connectivity index (χ4n) is 1.86. The first-order valence-corrected chi connectivity index (χ1v) is 5.65. The van der Waals surface area contributed by atoms with E-state index in [0.29, 0.717) is 24.6 Å². The number of aromatic nitrogens is 2. The number of benzene rings is 1. The second-order valence-electron chi connectivity index (χ2n) is 3.90. The molecule has 0 aliphatic rings. The topological polar surface area (TPSA) is 90.4 Å². The molecule has 0 radical (unpaired) electrons. The van der Waals surface area contributed by atoms with Crippen molar-refractivity contribution in [3.8, 4) is 6.01 Å². The second kappa shape index (κ2) is 5.05. The maximum absolute atomic E-state index is 10.9. The van der Waals surface area contributed by atoms with E-state index < -0.39 is 5.97 Å². The van der Waals surface area contributed by atoms with Gasteiger partial charge in [-0.05, 0) is 31.2 Å². The summed E-state index contributed by atoms with van der Waals surface area (Å²) in [5.41, 5.74) is 7.18. The Morgan fingerprint density at radius 3 is 2.94 bits per heavy atom. The van der Waals surface area contributed by atoms with Gasteiger partial charge in [-0.1, -0.05) is 0 Å². The first-order chi connectivity index (χ1) is 8.67. The minimum atomic E-state index is -0.965. The van der Waals surface area contributed by atoms with Crippen molar-refractivity contribution in [1.29, 1.82) is 0 Å². The second-order valence-corrected chi connectivity index (χ2v) is 3.90. The lowest BCUT2D eigenvalue weighted by molar-refractivity contribution is 0.0697. The Bertz CT molecular complexity index is 577. The molecule has 0 atom stereocenters. The highest BCUT2D eigenvalue weighted by Crippen LogP contribution is 2.22. The summed E-state index contributed by atoms with van der Waals surface area (Å²) in [5, 5.41) is 8.94. The lowest BCUT2D eigenvalue weighted by atomic mass is 10.2. The van der Waals surface area contributed by atoms with Gasteiger partial charge in [-0.2, -0.15) is 4.98 Å². The van der Waals surface area contributed by atoms with Crippen molar-refractivity contribution in [3.63, 3.8) is 0 Å². The van der Waals surface area contributed by atoms with E-state index in [1.807, 2.05) is 4.57 Å². The van der Waals surface area contributed by atoms with Crippen molar-refractivity contribution >= 4 is 17.0 Å². The minimum Gasteiger partial charge on any atom is -0.478 e. The molecule has 1 heterocycles. The van der Waals surface area contributed by atoms with Gasteiger partial charge in [0.15, 0.2) is 0 Å². The Kier molecular flexibility index (Phi) is 3.47. The molecule has 0 spiro atoms. The number of hydrogen-bond acceptors (Lipinski definition) is 4. The summed E-state index contributed by atoms with van der Waals surface area (Å²) in [7, 11) is 1.54. The first-order valence-electron chi connectivity index (χ1n) is 5.65. The van der Waals surface area contributed by atoms with Gasteiger partial charge in [0.2, 0.25) is 0 Å². The summed E-state index contributed by atoms with van der Waals surface area (Å²) in [6.45, 7) is 1.28. The van der Waals surface area contributed by atoms with Gasteiger partial charge in [0.1, 0.15) is 0 Å². The molecule has 0 unspecified atom stereocenters. The summed E-state index contributed by atoms with van der Waals surface area (Å²) in [5.74, 6) is -0.965. The molecule has 1 aromatic heterocycles. The van der Waals surface area contributed by atoms with Crippen LogP contribution >= 0.6 is 0 Å². The number of nitrogens with zero attached hydrogens (tertiary/aromatic N) is 2. The number of ether oxygens (including phenoxy) is 1. The number of imidazole rings is 1.